The van der Waals surface area contributed by atoms with E-state index in [2.05, 4.69) is 31.2 Å². The van der Waals surface area contributed by atoms with Crippen molar-refractivity contribution in [1.29, 1.82) is 0 Å². The van der Waals surface area contributed by atoms with Crippen LogP contribution in [0.25, 0.3) is 0 Å². The first-order chi connectivity index (χ1) is 19.6. The molecule has 0 aromatic heterocycles. The Morgan fingerprint density at radius 1 is 0.700 bits per heavy atom. The molecule has 3 nitrogen and oxygen atoms in total. The van der Waals surface area contributed by atoms with Crippen molar-refractivity contribution in [3.63, 3.8) is 0 Å². The molecule has 2 saturated carbocycles. The van der Waals surface area contributed by atoms with Gasteiger partial charge in [0.25, 0.3) is 0 Å². The summed E-state index contributed by atoms with van der Waals surface area (Å²) in [4.78, 5) is 0. The van der Waals surface area contributed by atoms with Gasteiger partial charge in [-0.3, -0.25) is 0 Å². The SMILES string of the molecule is CCCC1CCC(C2CCC(C3CCC(c4ccc(COc5ccc(OCC)c(F)c5F)cc4)CC3)CO2)CC1. The molecule has 0 bridgehead atoms. The molecule has 2 unspecified atom stereocenters. The predicted octanol–water partition coefficient (Wildman–Crippen LogP) is 9.62. The van der Waals surface area contributed by atoms with Crippen LogP contribution in [-0.2, 0) is 11.3 Å². The molecule has 2 aromatic carbocycles. The summed E-state index contributed by atoms with van der Waals surface area (Å²) in [6.07, 6.45) is 16.5. The molecular weight excluding hydrogens is 506 g/mol. The van der Waals surface area contributed by atoms with Gasteiger partial charge in [0.2, 0.25) is 11.6 Å². The van der Waals surface area contributed by atoms with E-state index in [1.54, 1.807) is 6.92 Å². The number of ether oxygens (including phenoxy) is 3. The van der Waals surface area contributed by atoms with Gasteiger partial charge in [0.1, 0.15) is 6.61 Å². The molecule has 3 fully saturated rings. The van der Waals surface area contributed by atoms with Crippen LogP contribution >= 0.6 is 0 Å². The van der Waals surface area contributed by atoms with Crippen molar-refractivity contribution in [3.05, 3.63) is 59.2 Å². The predicted molar refractivity (Wildman–Crippen MR) is 156 cm³/mol. The first kappa shape index (κ1) is 29.4. The summed E-state index contributed by atoms with van der Waals surface area (Å²) in [6.45, 7) is 5.50. The first-order valence-electron chi connectivity index (χ1n) is 16.0. The summed E-state index contributed by atoms with van der Waals surface area (Å²) in [5, 5.41) is 0. The highest BCUT2D eigenvalue weighted by Crippen LogP contribution is 2.43. The van der Waals surface area contributed by atoms with E-state index in [4.69, 9.17) is 14.2 Å². The summed E-state index contributed by atoms with van der Waals surface area (Å²) in [7, 11) is 0. The molecular formula is C35H48F2O3. The quantitative estimate of drug-likeness (QED) is 0.293. The molecule has 0 amide bonds. The molecule has 0 radical (unpaired) electrons. The highest BCUT2D eigenvalue weighted by molar-refractivity contribution is 5.35. The van der Waals surface area contributed by atoms with E-state index in [9.17, 15) is 8.78 Å². The highest BCUT2D eigenvalue weighted by atomic mass is 19.2. The molecule has 1 heterocycles. The molecule has 5 rings (SSSR count). The average molecular weight is 555 g/mol. The minimum absolute atomic E-state index is 0.0912. The molecule has 220 valence electrons. The Kier molecular flexibility index (Phi) is 10.4. The molecule has 40 heavy (non-hydrogen) atoms. The number of hydrogen-bond acceptors (Lipinski definition) is 3. The smallest absolute Gasteiger partial charge is 0.204 e. The maximum absolute atomic E-state index is 14.3. The summed E-state index contributed by atoms with van der Waals surface area (Å²) in [5.41, 5.74) is 2.32. The Morgan fingerprint density at radius 3 is 1.93 bits per heavy atom. The number of rotatable bonds is 10. The zero-order valence-corrected chi connectivity index (χ0v) is 24.5. The zero-order chi connectivity index (χ0) is 27.9. The van der Waals surface area contributed by atoms with Crippen LogP contribution in [0.15, 0.2) is 36.4 Å². The van der Waals surface area contributed by atoms with Crippen LogP contribution in [0.1, 0.15) is 108 Å². The Morgan fingerprint density at radius 2 is 1.32 bits per heavy atom. The fraction of sp³-hybridized carbons (Fsp3) is 0.657. The monoisotopic (exact) mass is 554 g/mol. The van der Waals surface area contributed by atoms with Crippen LogP contribution in [-0.4, -0.2) is 19.3 Å². The van der Waals surface area contributed by atoms with Crippen molar-refractivity contribution in [3.8, 4) is 11.5 Å². The van der Waals surface area contributed by atoms with Crippen molar-refractivity contribution >= 4 is 0 Å². The number of benzene rings is 2. The van der Waals surface area contributed by atoms with Crippen molar-refractivity contribution in [2.24, 2.45) is 23.7 Å². The van der Waals surface area contributed by atoms with Crippen LogP contribution in [0.3, 0.4) is 0 Å². The summed E-state index contributed by atoms with van der Waals surface area (Å²) in [6, 6.07) is 11.3. The second-order valence-corrected chi connectivity index (χ2v) is 12.5. The van der Waals surface area contributed by atoms with Gasteiger partial charge in [0.15, 0.2) is 11.5 Å². The summed E-state index contributed by atoms with van der Waals surface area (Å²) < 4.78 is 45.6. The standard InChI is InChI=1S/C35H48F2O3/c1-3-5-24-6-12-29(13-7-24)31-19-18-30(23-40-31)28-16-14-27(15-17-28)26-10-8-25(9-11-26)22-39-33-21-20-32(38-4-2)34(36)35(33)37/h8-11,20-21,24,27-31H,3-7,12-19,22-23H2,1-2H3. The maximum atomic E-state index is 14.3. The molecule has 2 atom stereocenters. The maximum Gasteiger partial charge on any atom is 0.204 e. The van der Waals surface area contributed by atoms with Gasteiger partial charge in [-0.2, -0.15) is 8.78 Å². The van der Waals surface area contributed by atoms with Gasteiger partial charge in [-0.15, -0.1) is 0 Å². The van der Waals surface area contributed by atoms with Crippen molar-refractivity contribution < 1.29 is 23.0 Å². The fourth-order valence-electron chi connectivity index (χ4n) is 7.66. The fourth-order valence-corrected chi connectivity index (χ4v) is 7.66. The van der Waals surface area contributed by atoms with E-state index < -0.39 is 11.6 Å². The Bertz CT molecular complexity index is 1050. The van der Waals surface area contributed by atoms with Gasteiger partial charge in [-0.25, -0.2) is 0 Å². The molecule has 2 aromatic rings. The largest absolute Gasteiger partial charge is 0.491 e. The molecule has 5 heteroatoms. The average Bonchev–Trinajstić information content (AvgIpc) is 3.00. The van der Waals surface area contributed by atoms with Crippen molar-refractivity contribution in [2.75, 3.05) is 13.2 Å². The number of halogens is 2. The van der Waals surface area contributed by atoms with Crippen molar-refractivity contribution in [2.45, 2.75) is 110 Å². The molecule has 2 aliphatic carbocycles. The zero-order valence-electron chi connectivity index (χ0n) is 24.5. The third-order valence-electron chi connectivity index (χ3n) is 10.1. The topological polar surface area (TPSA) is 27.7 Å². The third-order valence-corrected chi connectivity index (χ3v) is 10.1. The van der Waals surface area contributed by atoms with Gasteiger partial charge >= 0.3 is 0 Å². The van der Waals surface area contributed by atoms with E-state index in [1.165, 1.54) is 94.7 Å². The van der Waals surface area contributed by atoms with E-state index in [0.717, 1.165) is 35.8 Å². The summed E-state index contributed by atoms with van der Waals surface area (Å²) in [5.74, 6) is 1.71. The minimum Gasteiger partial charge on any atom is -0.491 e. The normalized spacial score (nSPS) is 29.2. The number of hydrogen-bond donors (Lipinski definition) is 0. The van der Waals surface area contributed by atoms with Crippen LogP contribution in [0.2, 0.25) is 0 Å². The van der Waals surface area contributed by atoms with Crippen LogP contribution in [0.5, 0.6) is 11.5 Å². The molecule has 3 aliphatic rings. The van der Waals surface area contributed by atoms with E-state index >= 15 is 0 Å². The Hall–Kier alpha value is -2.14. The lowest BCUT2D eigenvalue weighted by molar-refractivity contribution is -0.0732. The Labute approximate surface area is 240 Å². The molecule has 1 aliphatic heterocycles. The van der Waals surface area contributed by atoms with E-state index in [1.807, 2.05) is 0 Å². The lowest BCUT2D eigenvalue weighted by atomic mass is 9.71. The lowest BCUT2D eigenvalue weighted by Crippen LogP contribution is -2.37. The molecule has 0 N–H and O–H groups in total. The van der Waals surface area contributed by atoms with E-state index in [0.29, 0.717) is 12.0 Å². The highest BCUT2D eigenvalue weighted by Gasteiger charge is 2.35. The minimum atomic E-state index is -1.01. The van der Waals surface area contributed by atoms with Crippen LogP contribution < -0.4 is 9.47 Å². The first-order valence-corrected chi connectivity index (χ1v) is 16.0. The van der Waals surface area contributed by atoms with Crippen LogP contribution in [0.4, 0.5) is 8.78 Å². The van der Waals surface area contributed by atoms with Gasteiger partial charge < -0.3 is 14.2 Å². The van der Waals surface area contributed by atoms with Crippen LogP contribution in [0, 0.1) is 35.3 Å². The van der Waals surface area contributed by atoms with Gasteiger partial charge in [-0.05, 0) is 111 Å². The van der Waals surface area contributed by atoms with Crippen molar-refractivity contribution in [1.82, 2.24) is 0 Å². The van der Waals surface area contributed by atoms with E-state index in [-0.39, 0.29) is 24.7 Å². The second kappa shape index (κ2) is 14.2. The van der Waals surface area contributed by atoms with Gasteiger partial charge in [-0.1, -0.05) is 56.9 Å². The third kappa shape index (κ3) is 7.19. The second-order valence-electron chi connectivity index (χ2n) is 12.5. The summed E-state index contributed by atoms with van der Waals surface area (Å²) >= 11 is 0. The Balaban J connectivity index is 1.04. The van der Waals surface area contributed by atoms with Gasteiger partial charge in [0, 0.05) is 0 Å². The molecule has 1 saturated heterocycles. The van der Waals surface area contributed by atoms with Gasteiger partial charge in [0.05, 0.1) is 19.3 Å². The molecule has 0 spiro atoms. The lowest BCUT2D eigenvalue weighted by Gasteiger charge is -2.41.